The monoisotopic (exact) mass is 174 g/mol. The highest BCUT2D eigenvalue weighted by Gasteiger charge is 2.11. The van der Waals surface area contributed by atoms with Gasteiger partial charge in [0.25, 0.3) is 0 Å². The first-order chi connectivity index (χ1) is 5.56. The van der Waals surface area contributed by atoms with Crippen LogP contribution < -0.4 is 0 Å². The summed E-state index contributed by atoms with van der Waals surface area (Å²) in [6.07, 6.45) is 2.57. The maximum absolute atomic E-state index is 5.58. The molecule has 0 saturated heterocycles. The maximum Gasteiger partial charge on any atom is 0.158 e. The smallest absolute Gasteiger partial charge is 0.158 e. The average Bonchev–Trinajstić information content (AvgIpc) is 1.84. The fourth-order valence-electron chi connectivity index (χ4n) is 1.01. The molecular formula is C10H22O2. The molecule has 0 unspecified atom stereocenters. The summed E-state index contributed by atoms with van der Waals surface area (Å²) in [7, 11) is 0. The van der Waals surface area contributed by atoms with Crippen LogP contribution in [0.4, 0.5) is 0 Å². The molecule has 0 aliphatic rings. The minimum absolute atomic E-state index is 0.0185. The summed E-state index contributed by atoms with van der Waals surface area (Å²) in [6, 6.07) is 0. The number of rotatable bonds is 6. The molecule has 12 heavy (non-hydrogen) atoms. The Morgan fingerprint density at radius 1 is 0.917 bits per heavy atom. The van der Waals surface area contributed by atoms with Crippen LogP contribution in [0.2, 0.25) is 0 Å². The van der Waals surface area contributed by atoms with Gasteiger partial charge in [-0.3, -0.25) is 0 Å². The van der Waals surface area contributed by atoms with Crippen molar-refractivity contribution < 1.29 is 9.47 Å². The molecule has 2 heteroatoms. The number of ether oxygens (including phenoxy) is 2. The summed E-state index contributed by atoms with van der Waals surface area (Å²) < 4.78 is 11.2. The molecule has 0 N–H and O–H groups in total. The van der Waals surface area contributed by atoms with Crippen molar-refractivity contribution in [3.63, 3.8) is 0 Å². The summed E-state index contributed by atoms with van der Waals surface area (Å²) in [5.41, 5.74) is 0. The zero-order chi connectivity index (χ0) is 9.56. The highest BCUT2D eigenvalue weighted by Crippen LogP contribution is 2.09. The van der Waals surface area contributed by atoms with Crippen LogP contribution in [-0.4, -0.2) is 18.5 Å². The average molecular weight is 174 g/mol. The van der Waals surface area contributed by atoms with Gasteiger partial charge in [-0.2, -0.15) is 0 Å². The standard InChI is InChI=1S/C10H22O2/c1-6-7-10(11-8(2)3)12-9(4)5/h8-10H,6-7H2,1-5H3. The molecule has 0 atom stereocenters. The molecule has 0 bridgehead atoms. The minimum Gasteiger partial charge on any atom is -0.350 e. The zero-order valence-electron chi connectivity index (χ0n) is 8.96. The van der Waals surface area contributed by atoms with E-state index >= 15 is 0 Å². The maximum atomic E-state index is 5.58. The van der Waals surface area contributed by atoms with Crippen LogP contribution in [0.15, 0.2) is 0 Å². The molecule has 74 valence electrons. The first kappa shape index (κ1) is 11.9. The first-order valence-electron chi connectivity index (χ1n) is 4.87. The molecule has 0 radical (unpaired) electrons. The Morgan fingerprint density at radius 3 is 1.58 bits per heavy atom. The van der Waals surface area contributed by atoms with E-state index in [-0.39, 0.29) is 18.5 Å². The Balaban J connectivity index is 3.69. The fraction of sp³-hybridized carbons (Fsp3) is 1.00. The summed E-state index contributed by atoms with van der Waals surface area (Å²) in [4.78, 5) is 0. The van der Waals surface area contributed by atoms with E-state index < -0.39 is 0 Å². The van der Waals surface area contributed by atoms with Gasteiger partial charge >= 0.3 is 0 Å². The van der Waals surface area contributed by atoms with E-state index in [1.54, 1.807) is 0 Å². The molecule has 0 rings (SSSR count). The van der Waals surface area contributed by atoms with Gasteiger partial charge in [-0.25, -0.2) is 0 Å². The Morgan fingerprint density at radius 2 is 1.33 bits per heavy atom. The summed E-state index contributed by atoms with van der Waals surface area (Å²) in [6.45, 7) is 10.3. The van der Waals surface area contributed by atoms with Crippen LogP contribution in [0.5, 0.6) is 0 Å². The normalized spacial score (nSPS) is 12.0. The SMILES string of the molecule is CCCC(OC(C)C)OC(C)C. The van der Waals surface area contributed by atoms with E-state index in [1.165, 1.54) is 0 Å². The number of hydrogen-bond acceptors (Lipinski definition) is 2. The first-order valence-corrected chi connectivity index (χ1v) is 4.87. The van der Waals surface area contributed by atoms with Crippen LogP contribution in [0, 0.1) is 0 Å². The van der Waals surface area contributed by atoms with E-state index in [0.29, 0.717) is 0 Å². The summed E-state index contributed by atoms with van der Waals surface area (Å²) in [5, 5.41) is 0. The van der Waals surface area contributed by atoms with Crippen LogP contribution in [0.3, 0.4) is 0 Å². The molecule has 0 fully saturated rings. The topological polar surface area (TPSA) is 18.5 Å². The predicted octanol–water partition coefficient (Wildman–Crippen LogP) is 2.96. The van der Waals surface area contributed by atoms with Crippen LogP contribution in [0.1, 0.15) is 47.5 Å². The fourth-order valence-corrected chi connectivity index (χ4v) is 1.01. The Bertz CT molecular complexity index is 90.0. The van der Waals surface area contributed by atoms with Crippen LogP contribution in [0.25, 0.3) is 0 Å². The van der Waals surface area contributed by atoms with Gasteiger partial charge in [-0.1, -0.05) is 13.3 Å². The van der Waals surface area contributed by atoms with Crippen molar-refractivity contribution in [3.8, 4) is 0 Å². The van der Waals surface area contributed by atoms with E-state index in [2.05, 4.69) is 6.92 Å². The molecule has 0 amide bonds. The third-order valence-electron chi connectivity index (χ3n) is 1.37. The molecule has 0 aromatic rings. The van der Waals surface area contributed by atoms with Gasteiger partial charge in [0.1, 0.15) is 0 Å². The van der Waals surface area contributed by atoms with Crippen molar-refractivity contribution in [3.05, 3.63) is 0 Å². The molecule has 0 spiro atoms. The lowest BCUT2D eigenvalue weighted by Gasteiger charge is -2.22. The number of hydrogen-bond donors (Lipinski definition) is 0. The van der Waals surface area contributed by atoms with Crippen molar-refractivity contribution in [1.82, 2.24) is 0 Å². The van der Waals surface area contributed by atoms with Crippen molar-refractivity contribution in [2.24, 2.45) is 0 Å². The van der Waals surface area contributed by atoms with Crippen molar-refractivity contribution in [1.29, 1.82) is 0 Å². The molecule has 0 aliphatic heterocycles. The zero-order valence-corrected chi connectivity index (χ0v) is 8.96. The van der Waals surface area contributed by atoms with Gasteiger partial charge in [0, 0.05) is 0 Å². The van der Waals surface area contributed by atoms with E-state index in [4.69, 9.17) is 9.47 Å². The molecule has 0 aromatic carbocycles. The lowest BCUT2D eigenvalue weighted by Crippen LogP contribution is -2.24. The van der Waals surface area contributed by atoms with Crippen LogP contribution >= 0.6 is 0 Å². The van der Waals surface area contributed by atoms with Crippen molar-refractivity contribution in [2.75, 3.05) is 0 Å². The predicted molar refractivity (Wildman–Crippen MR) is 51.1 cm³/mol. The van der Waals surface area contributed by atoms with E-state index in [9.17, 15) is 0 Å². The van der Waals surface area contributed by atoms with E-state index in [0.717, 1.165) is 12.8 Å². The quantitative estimate of drug-likeness (QED) is 0.576. The van der Waals surface area contributed by atoms with Gasteiger partial charge in [0.2, 0.25) is 0 Å². The minimum atomic E-state index is -0.0185. The third kappa shape index (κ3) is 6.62. The van der Waals surface area contributed by atoms with Gasteiger partial charge in [0.05, 0.1) is 12.2 Å². The van der Waals surface area contributed by atoms with Crippen molar-refractivity contribution >= 4 is 0 Å². The second kappa shape index (κ2) is 6.44. The summed E-state index contributed by atoms with van der Waals surface area (Å²) in [5.74, 6) is 0. The van der Waals surface area contributed by atoms with Gasteiger partial charge in [-0.05, 0) is 34.1 Å². The largest absolute Gasteiger partial charge is 0.350 e. The lowest BCUT2D eigenvalue weighted by molar-refractivity contribution is -0.183. The molecule has 0 saturated carbocycles. The van der Waals surface area contributed by atoms with Gasteiger partial charge in [-0.15, -0.1) is 0 Å². The second-order valence-corrected chi connectivity index (χ2v) is 3.59. The highest BCUT2D eigenvalue weighted by molar-refractivity contribution is 4.49. The van der Waals surface area contributed by atoms with Gasteiger partial charge < -0.3 is 9.47 Å². The van der Waals surface area contributed by atoms with Gasteiger partial charge in [0.15, 0.2) is 6.29 Å². The van der Waals surface area contributed by atoms with Crippen LogP contribution in [-0.2, 0) is 9.47 Å². The summed E-state index contributed by atoms with van der Waals surface area (Å²) >= 11 is 0. The Kier molecular flexibility index (Phi) is 6.39. The second-order valence-electron chi connectivity index (χ2n) is 3.59. The Labute approximate surface area is 76.3 Å². The highest BCUT2D eigenvalue weighted by atomic mass is 16.7. The van der Waals surface area contributed by atoms with Crippen molar-refractivity contribution in [2.45, 2.75) is 66.0 Å². The molecule has 0 aliphatic carbocycles. The lowest BCUT2D eigenvalue weighted by atomic mass is 10.3. The molecule has 0 heterocycles. The third-order valence-corrected chi connectivity index (χ3v) is 1.37. The molecular weight excluding hydrogens is 152 g/mol. The molecule has 0 aromatic heterocycles. The Hall–Kier alpha value is -0.0800. The molecule has 2 nitrogen and oxygen atoms in total. The van der Waals surface area contributed by atoms with E-state index in [1.807, 2.05) is 27.7 Å².